The Labute approximate surface area is 237 Å². The quantitative estimate of drug-likeness (QED) is 0.215. The van der Waals surface area contributed by atoms with Crippen molar-refractivity contribution >= 4 is 51.9 Å². The molecular formula is C32H27ClN2O3S. The minimum absolute atomic E-state index is 0.158. The van der Waals surface area contributed by atoms with Crippen LogP contribution in [0.15, 0.2) is 101 Å². The summed E-state index contributed by atoms with van der Waals surface area (Å²) >= 11 is 7.95. The van der Waals surface area contributed by atoms with Gasteiger partial charge in [0, 0.05) is 0 Å². The second-order valence-corrected chi connectivity index (χ2v) is 10.5. The van der Waals surface area contributed by atoms with Crippen molar-refractivity contribution in [3.8, 4) is 11.5 Å². The molecule has 1 saturated heterocycles. The van der Waals surface area contributed by atoms with Crippen LogP contribution in [0, 0.1) is 13.8 Å². The molecule has 0 unspecified atom stereocenters. The fourth-order valence-electron chi connectivity index (χ4n) is 4.04. The number of methoxy groups -OCH3 is 1. The first-order chi connectivity index (χ1) is 18.9. The molecule has 1 aliphatic rings. The molecule has 0 bridgehead atoms. The lowest BCUT2D eigenvalue weighted by Crippen LogP contribution is -2.28. The molecule has 5 nitrogen and oxygen atoms in total. The van der Waals surface area contributed by atoms with Crippen LogP contribution in [0.4, 0.5) is 11.4 Å². The van der Waals surface area contributed by atoms with Crippen LogP contribution in [0.25, 0.3) is 6.08 Å². The maximum atomic E-state index is 13.7. The number of carbonyl (C=O) groups excluding carboxylic acids is 1. The summed E-state index contributed by atoms with van der Waals surface area (Å²) in [5, 5.41) is 0.983. The molecule has 0 radical (unpaired) electrons. The van der Waals surface area contributed by atoms with Crippen molar-refractivity contribution in [2.45, 2.75) is 20.5 Å². The van der Waals surface area contributed by atoms with Crippen LogP contribution >= 0.6 is 23.4 Å². The number of hydrogen-bond donors (Lipinski definition) is 0. The summed E-state index contributed by atoms with van der Waals surface area (Å²) in [5.74, 6) is 0.789. The summed E-state index contributed by atoms with van der Waals surface area (Å²) in [6, 6.07) is 29.2. The Hall–Kier alpha value is -4.00. The lowest BCUT2D eigenvalue weighted by molar-refractivity contribution is -0.113. The number of carbonyl (C=O) groups is 1. The van der Waals surface area contributed by atoms with E-state index in [1.807, 2.05) is 98.8 Å². The van der Waals surface area contributed by atoms with Crippen LogP contribution in [0.2, 0.25) is 5.02 Å². The first-order valence-electron chi connectivity index (χ1n) is 12.4. The highest BCUT2D eigenvalue weighted by Crippen LogP contribution is 2.41. The van der Waals surface area contributed by atoms with Gasteiger partial charge in [0.05, 0.1) is 28.4 Å². The molecule has 1 aliphatic heterocycles. The minimum Gasteiger partial charge on any atom is -0.493 e. The second-order valence-electron chi connectivity index (χ2n) is 9.13. The SMILES string of the molecule is COc1cc(/C=C2\SC(=Nc3ccc(C)cc3)N(c3ccc(C)cc3)C2=O)cc(Cl)c1OCc1ccccc1. The van der Waals surface area contributed by atoms with E-state index < -0.39 is 0 Å². The van der Waals surface area contributed by atoms with Gasteiger partial charge in [0.2, 0.25) is 0 Å². The van der Waals surface area contributed by atoms with E-state index in [0.29, 0.717) is 33.2 Å². The van der Waals surface area contributed by atoms with Crippen molar-refractivity contribution in [2.24, 2.45) is 4.99 Å². The molecule has 5 rings (SSSR count). The van der Waals surface area contributed by atoms with Gasteiger partial charge in [-0.3, -0.25) is 9.69 Å². The molecule has 1 fully saturated rings. The Balaban J connectivity index is 1.48. The zero-order valence-electron chi connectivity index (χ0n) is 21.9. The molecule has 0 spiro atoms. The van der Waals surface area contributed by atoms with Crippen molar-refractivity contribution in [1.29, 1.82) is 0 Å². The third-order valence-electron chi connectivity index (χ3n) is 6.13. The number of thioether (sulfide) groups is 1. The average molecular weight is 555 g/mol. The van der Waals surface area contributed by atoms with Crippen molar-refractivity contribution in [1.82, 2.24) is 0 Å². The first kappa shape index (κ1) is 26.6. The van der Waals surface area contributed by atoms with Gasteiger partial charge in [-0.25, -0.2) is 4.99 Å². The number of aliphatic imine (C=N–C) groups is 1. The van der Waals surface area contributed by atoms with Crippen LogP contribution in [-0.4, -0.2) is 18.2 Å². The maximum absolute atomic E-state index is 13.7. The Morgan fingerprint density at radius 1 is 0.923 bits per heavy atom. The number of rotatable bonds is 7. The molecule has 0 N–H and O–H groups in total. The number of nitrogens with zero attached hydrogens (tertiary/aromatic N) is 2. The number of amidine groups is 1. The van der Waals surface area contributed by atoms with E-state index in [2.05, 4.69) is 0 Å². The molecule has 4 aromatic rings. The molecule has 7 heteroatoms. The van der Waals surface area contributed by atoms with Gasteiger partial charge < -0.3 is 9.47 Å². The molecule has 4 aromatic carbocycles. The first-order valence-corrected chi connectivity index (χ1v) is 13.6. The van der Waals surface area contributed by atoms with Crippen LogP contribution in [0.1, 0.15) is 22.3 Å². The number of amides is 1. The highest BCUT2D eigenvalue weighted by molar-refractivity contribution is 8.19. The predicted octanol–water partition coefficient (Wildman–Crippen LogP) is 8.35. The summed E-state index contributed by atoms with van der Waals surface area (Å²) in [7, 11) is 1.57. The van der Waals surface area contributed by atoms with E-state index in [-0.39, 0.29) is 5.91 Å². The number of anilines is 1. The van der Waals surface area contributed by atoms with E-state index in [9.17, 15) is 4.79 Å². The molecule has 1 heterocycles. The van der Waals surface area contributed by atoms with Crippen molar-refractivity contribution in [2.75, 3.05) is 12.0 Å². The molecule has 1 amide bonds. The molecule has 39 heavy (non-hydrogen) atoms. The molecule has 0 atom stereocenters. The van der Waals surface area contributed by atoms with Gasteiger partial charge >= 0.3 is 0 Å². The number of halogens is 1. The lowest BCUT2D eigenvalue weighted by Gasteiger charge is -2.16. The van der Waals surface area contributed by atoms with Gasteiger partial charge in [-0.1, -0.05) is 77.3 Å². The monoisotopic (exact) mass is 554 g/mol. The van der Waals surface area contributed by atoms with Gasteiger partial charge in [0.15, 0.2) is 16.7 Å². The zero-order valence-corrected chi connectivity index (χ0v) is 23.4. The Bertz CT molecular complexity index is 1550. The maximum Gasteiger partial charge on any atom is 0.271 e. The highest BCUT2D eigenvalue weighted by Gasteiger charge is 2.35. The number of ether oxygens (including phenoxy) is 2. The van der Waals surface area contributed by atoms with E-state index >= 15 is 0 Å². The molecule has 0 aliphatic carbocycles. The fraction of sp³-hybridized carbons (Fsp3) is 0.125. The molecular weight excluding hydrogens is 528 g/mol. The summed E-state index contributed by atoms with van der Waals surface area (Å²) in [4.78, 5) is 20.7. The van der Waals surface area contributed by atoms with E-state index in [0.717, 1.165) is 33.6 Å². The standard InChI is InChI=1S/C32H27ClN2O3S/c1-21-9-13-25(14-10-21)34-32-35(26-15-11-22(2)12-16-26)31(36)29(39-32)19-24-17-27(33)30(28(18-24)37-3)38-20-23-7-5-4-6-8-23/h4-19H,20H2,1-3H3/b29-19-,34-32?. The van der Waals surface area contributed by atoms with Gasteiger partial charge in [-0.15, -0.1) is 0 Å². The molecule has 0 saturated carbocycles. The van der Waals surface area contributed by atoms with Crippen molar-refractivity contribution < 1.29 is 14.3 Å². The largest absolute Gasteiger partial charge is 0.493 e. The Morgan fingerprint density at radius 3 is 2.26 bits per heavy atom. The van der Waals surface area contributed by atoms with Crippen LogP contribution in [0.3, 0.4) is 0 Å². The predicted molar refractivity (Wildman–Crippen MR) is 161 cm³/mol. The number of hydrogen-bond acceptors (Lipinski definition) is 5. The topological polar surface area (TPSA) is 51.1 Å². The van der Waals surface area contributed by atoms with E-state index in [1.165, 1.54) is 11.8 Å². The zero-order chi connectivity index (χ0) is 27.4. The smallest absolute Gasteiger partial charge is 0.271 e. The van der Waals surface area contributed by atoms with Gasteiger partial charge in [0.25, 0.3) is 5.91 Å². The van der Waals surface area contributed by atoms with Crippen LogP contribution in [0.5, 0.6) is 11.5 Å². The summed E-state index contributed by atoms with van der Waals surface area (Å²) < 4.78 is 11.6. The summed E-state index contributed by atoms with van der Waals surface area (Å²) in [6.45, 7) is 4.40. The van der Waals surface area contributed by atoms with Gasteiger partial charge in [-0.05, 0) is 79.2 Å². The molecule has 196 valence electrons. The highest BCUT2D eigenvalue weighted by atomic mass is 35.5. The van der Waals surface area contributed by atoms with Crippen LogP contribution in [-0.2, 0) is 11.4 Å². The van der Waals surface area contributed by atoms with Gasteiger partial charge in [-0.2, -0.15) is 0 Å². The third kappa shape index (κ3) is 6.19. The third-order valence-corrected chi connectivity index (χ3v) is 7.38. The normalized spacial score (nSPS) is 15.3. The molecule has 0 aromatic heterocycles. The number of aryl methyl sites for hydroxylation is 2. The minimum atomic E-state index is -0.158. The summed E-state index contributed by atoms with van der Waals surface area (Å²) in [5.41, 5.74) is 5.53. The Morgan fingerprint density at radius 2 is 1.59 bits per heavy atom. The van der Waals surface area contributed by atoms with E-state index in [1.54, 1.807) is 24.2 Å². The second kappa shape index (κ2) is 11.8. The van der Waals surface area contributed by atoms with Crippen molar-refractivity contribution in [3.05, 3.63) is 123 Å². The summed E-state index contributed by atoms with van der Waals surface area (Å²) in [6.07, 6.45) is 1.81. The Kier molecular flexibility index (Phi) is 8.05. The average Bonchev–Trinajstić information content (AvgIpc) is 3.24. The van der Waals surface area contributed by atoms with Crippen molar-refractivity contribution in [3.63, 3.8) is 0 Å². The van der Waals surface area contributed by atoms with Gasteiger partial charge in [0.1, 0.15) is 6.61 Å². The van der Waals surface area contributed by atoms with Crippen LogP contribution < -0.4 is 14.4 Å². The fourth-order valence-corrected chi connectivity index (χ4v) is 5.32. The lowest BCUT2D eigenvalue weighted by atomic mass is 10.1. The number of benzene rings is 4. The van der Waals surface area contributed by atoms with E-state index in [4.69, 9.17) is 26.1 Å².